The largest absolute Gasteiger partial charge is 0.377 e. The molecule has 0 radical (unpaired) electrons. The van der Waals surface area contributed by atoms with Crippen molar-refractivity contribution in [3.8, 4) is 0 Å². The van der Waals surface area contributed by atoms with E-state index in [-0.39, 0.29) is 11.3 Å². The van der Waals surface area contributed by atoms with Crippen LogP contribution in [0.1, 0.15) is 31.7 Å². The van der Waals surface area contributed by atoms with Crippen LogP contribution in [-0.2, 0) is 9.84 Å². The van der Waals surface area contributed by atoms with Gasteiger partial charge in [0.05, 0.1) is 4.90 Å². The summed E-state index contributed by atoms with van der Waals surface area (Å²) in [7, 11) is -3.63. The quantitative estimate of drug-likeness (QED) is 0.716. The monoisotopic (exact) mass is 285 g/mol. The van der Waals surface area contributed by atoms with E-state index in [1.54, 1.807) is 24.3 Å². The molecule has 0 amide bonds. The van der Waals surface area contributed by atoms with Crippen molar-refractivity contribution in [2.45, 2.75) is 43.4 Å². The Morgan fingerprint density at radius 3 is 2.42 bits per heavy atom. The lowest BCUT2D eigenvalue weighted by atomic mass is 10.2. The average molecular weight is 285 g/mol. The van der Waals surface area contributed by atoms with Crippen molar-refractivity contribution < 1.29 is 13.5 Å². The summed E-state index contributed by atoms with van der Waals surface area (Å²) >= 11 is 0. The molecule has 0 fully saturated rings. The first-order chi connectivity index (χ1) is 8.98. The third kappa shape index (κ3) is 4.93. The van der Waals surface area contributed by atoms with Crippen molar-refractivity contribution in [3.05, 3.63) is 29.8 Å². The number of hydrogen-bond acceptors (Lipinski definition) is 4. The Labute approximate surface area is 115 Å². The lowest BCUT2D eigenvalue weighted by Gasteiger charge is -2.12. The second kappa shape index (κ2) is 7.62. The predicted octanol–water partition coefficient (Wildman–Crippen LogP) is 1.87. The normalized spacial score (nSPS) is 13.4. The molecular weight excluding hydrogens is 262 g/mol. The first-order valence-corrected chi connectivity index (χ1v) is 8.22. The SMILES string of the molecule is CCCCNCCC(O)S(=O)(=O)c1ccc(C)cc1. The third-order valence-corrected chi connectivity index (χ3v) is 4.86. The Morgan fingerprint density at radius 2 is 1.84 bits per heavy atom. The molecule has 1 aromatic carbocycles. The Kier molecular flexibility index (Phi) is 6.48. The fraction of sp³-hybridized carbons (Fsp3) is 0.571. The molecule has 5 heteroatoms. The molecule has 1 unspecified atom stereocenters. The molecule has 0 aromatic heterocycles. The molecule has 0 spiro atoms. The Morgan fingerprint density at radius 1 is 1.21 bits per heavy atom. The highest BCUT2D eigenvalue weighted by Crippen LogP contribution is 2.17. The van der Waals surface area contributed by atoms with Gasteiger partial charge in [-0.3, -0.25) is 0 Å². The highest BCUT2D eigenvalue weighted by atomic mass is 32.2. The van der Waals surface area contributed by atoms with Crippen molar-refractivity contribution in [3.63, 3.8) is 0 Å². The molecule has 0 heterocycles. The molecule has 1 atom stereocenters. The molecule has 19 heavy (non-hydrogen) atoms. The van der Waals surface area contributed by atoms with Crippen molar-refractivity contribution in [2.75, 3.05) is 13.1 Å². The first kappa shape index (κ1) is 16.1. The van der Waals surface area contributed by atoms with Crippen LogP contribution in [0.25, 0.3) is 0 Å². The zero-order chi connectivity index (χ0) is 14.3. The fourth-order valence-electron chi connectivity index (χ4n) is 1.69. The standard InChI is InChI=1S/C14H23NO3S/c1-3-4-10-15-11-9-14(16)19(17,18)13-7-5-12(2)6-8-13/h5-8,14-16H,3-4,9-11H2,1-2H3. The minimum Gasteiger partial charge on any atom is -0.377 e. The number of sulfone groups is 1. The maximum atomic E-state index is 12.1. The fourth-order valence-corrected chi connectivity index (χ4v) is 2.95. The third-order valence-electron chi connectivity index (χ3n) is 2.98. The Hall–Kier alpha value is -0.910. The molecule has 1 rings (SSSR count). The second-order valence-corrected chi connectivity index (χ2v) is 6.81. The lowest BCUT2D eigenvalue weighted by Crippen LogP contribution is -2.27. The molecule has 108 valence electrons. The van der Waals surface area contributed by atoms with Gasteiger partial charge in [-0.05, 0) is 38.6 Å². The average Bonchev–Trinajstić information content (AvgIpc) is 2.38. The number of rotatable bonds is 8. The lowest BCUT2D eigenvalue weighted by molar-refractivity contribution is 0.237. The molecule has 0 saturated heterocycles. The van der Waals surface area contributed by atoms with Crippen LogP contribution in [0, 0.1) is 6.92 Å². The van der Waals surface area contributed by atoms with E-state index in [1.807, 2.05) is 6.92 Å². The van der Waals surface area contributed by atoms with Crippen molar-refractivity contribution >= 4 is 9.84 Å². The van der Waals surface area contributed by atoms with Gasteiger partial charge in [-0.1, -0.05) is 31.0 Å². The molecule has 2 N–H and O–H groups in total. The summed E-state index contributed by atoms with van der Waals surface area (Å²) in [5.41, 5.74) is -0.348. The van der Waals surface area contributed by atoms with E-state index in [1.165, 1.54) is 0 Å². The predicted molar refractivity (Wildman–Crippen MR) is 76.8 cm³/mol. The van der Waals surface area contributed by atoms with Crippen LogP contribution in [0.4, 0.5) is 0 Å². The number of aliphatic hydroxyl groups excluding tert-OH is 1. The van der Waals surface area contributed by atoms with Crippen molar-refractivity contribution in [2.24, 2.45) is 0 Å². The van der Waals surface area contributed by atoms with E-state index >= 15 is 0 Å². The van der Waals surface area contributed by atoms with Crippen LogP contribution in [0.2, 0.25) is 0 Å². The van der Waals surface area contributed by atoms with Crippen molar-refractivity contribution in [1.82, 2.24) is 5.32 Å². The maximum absolute atomic E-state index is 12.1. The highest BCUT2D eigenvalue weighted by Gasteiger charge is 2.24. The summed E-state index contributed by atoms with van der Waals surface area (Å²) in [6.07, 6.45) is 2.36. The number of aryl methyl sites for hydroxylation is 1. The number of hydrogen-bond donors (Lipinski definition) is 2. The summed E-state index contributed by atoms with van der Waals surface area (Å²) in [6.45, 7) is 5.35. The van der Waals surface area contributed by atoms with Crippen LogP contribution < -0.4 is 5.32 Å². The van der Waals surface area contributed by atoms with Gasteiger partial charge in [0.15, 0.2) is 5.44 Å². The Balaban J connectivity index is 2.54. The smallest absolute Gasteiger partial charge is 0.204 e. The summed E-state index contributed by atoms with van der Waals surface area (Å²) < 4.78 is 24.2. The molecule has 0 saturated carbocycles. The van der Waals surface area contributed by atoms with Crippen LogP contribution in [0.3, 0.4) is 0 Å². The zero-order valence-corrected chi connectivity index (χ0v) is 12.4. The number of unbranched alkanes of at least 4 members (excludes halogenated alkanes) is 1. The minimum absolute atomic E-state index is 0.180. The second-order valence-electron chi connectivity index (χ2n) is 4.70. The van der Waals surface area contributed by atoms with Crippen LogP contribution >= 0.6 is 0 Å². The summed E-state index contributed by atoms with van der Waals surface area (Å²) in [5.74, 6) is 0. The van der Waals surface area contributed by atoms with Gasteiger partial charge in [0.25, 0.3) is 0 Å². The zero-order valence-electron chi connectivity index (χ0n) is 11.6. The van der Waals surface area contributed by atoms with Gasteiger partial charge in [0, 0.05) is 6.42 Å². The van der Waals surface area contributed by atoms with E-state index in [2.05, 4.69) is 12.2 Å². The Bertz CT molecular complexity index is 468. The summed E-state index contributed by atoms with van der Waals surface area (Å²) in [4.78, 5) is 0.180. The first-order valence-electron chi connectivity index (χ1n) is 6.68. The molecule has 0 aliphatic rings. The van der Waals surface area contributed by atoms with E-state index in [9.17, 15) is 13.5 Å². The van der Waals surface area contributed by atoms with E-state index in [4.69, 9.17) is 0 Å². The van der Waals surface area contributed by atoms with E-state index < -0.39 is 15.3 Å². The summed E-state index contributed by atoms with van der Waals surface area (Å²) in [6, 6.07) is 6.55. The number of benzene rings is 1. The van der Waals surface area contributed by atoms with Crippen LogP contribution in [0.15, 0.2) is 29.2 Å². The van der Waals surface area contributed by atoms with Gasteiger partial charge < -0.3 is 10.4 Å². The van der Waals surface area contributed by atoms with E-state index in [0.29, 0.717) is 6.54 Å². The number of nitrogens with one attached hydrogen (secondary N) is 1. The van der Waals surface area contributed by atoms with Gasteiger partial charge >= 0.3 is 0 Å². The molecule has 4 nitrogen and oxygen atoms in total. The van der Waals surface area contributed by atoms with Crippen molar-refractivity contribution in [1.29, 1.82) is 0 Å². The number of aliphatic hydroxyl groups is 1. The molecule has 0 bridgehead atoms. The van der Waals surface area contributed by atoms with Gasteiger partial charge in [-0.25, -0.2) is 8.42 Å². The summed E-state index contributed by atoms with van der Waals surface area (Å²) in [5, 5.41) is 13.0. The van der Waals surface area contributed by atoms with Crippen LogP contribution in [0.5, 0.6) is 0 Å². The van der Waals surface area contributed by atoms with Gasteiger partial charge in [-0.2, -0.15) is 0 Å². The maximum Gasteiger partial charge on any atom is 0.204 e. The highest BCUT2D eigenvalue weighted by molar-refractivity contribution is 7.91. The molecule has 1 aromatic rings. The van der Waals surface area contributed by atoms with Gasteiger partial charge in [0.2, 0.25) is 9.84 Å². The van der Waals surface area contributed by atoms with Gasteiger partial charge in [-0.15, -0.1) is 0 Å². The molecular formula is C14H23NO3S. The van der Waals surface area contributed by atoms with Crippen LogP contribution in [-0.4, -0.2) is 32.0 Å². The molecule has 0 aliphatic carbocycles. The topological polar surface area (TPSA) is 66.4 Å². The van der Waals surface area contributed by atoms with E-state index in [0.717, 1.165) is 24.9 Å². The minimum atomic E-state index is -3.63. The molecule has 0 aliphatic heterocycles. The van der Waals surface area contributed by atoms with Gasteiger partial charge in [0.1, 0.15) is 0 Å².